The Labute approximate surface area is 169 Å². The van der Waals surface area contributed by atoms with Crippen LogP contribution in [0.3, 0.4) is 0 Å². The molecule has 2 aliphatic rings. The molecule has 1 heterocycles. The van der Waals surface area contributed by atoms with E-state index in [1.54, 1.807) is 0 Å². The van der Waals surface area contributed by atoms with Crippen LogP contribution in [0.5, 0.6) is 5.75 Å². The number of carbonyl (C=O) groups excluding carboxylic acids is 1. The molecule has 2 fully saturated rings. The minimum Gasteiger partial charge on any atom is -0.494 e. The second kappa shape index (κ2) is 9.75. The van der Waals surface area contributed by atoms with Crippen molar-refractivity contribution in [2.75, 3.05) is 38.2 Å². The van der Waals surface area contributed by atoms with E-state index in [2.05, 4.69) is 17.1 Å². The van der Waals surface area contributed by atoms with Crippen LogP contribution in [0.1, 0.15) is 52.9 Å². The number of carbonyl (C=O) groups is 1. The molecule has 2 atom stereocenters. The average molecular weight is 389 g/mol. The Hall–Kier alpha value is -1.59. The maximum absolute atomic E-state index is 12.7. The fourth-order valence-electron chi connectivity index (χ4n) is 4.16. The predicted molar refractivity (Wildman–Crippen MR) is 113 cm³/mol. The zero-order valence-electron chi connectivity index (χ0n) is 17.7. The lowest BCUT2D eigenvalue weighted by Gasteiger charge is -2.30. The maximum Gasteiger partial charge on any atom is 0.256 e. The molecule has 0 radical (unpaired) electrons. The lowest BCUT2D eigenvalue weighted by Crippen LogP contribution is -2.44. The van der Waals surface area contributed by atoms with Gasteiger partial charge in [-0.05, 0) is 88.6 Å². The smallest absolute Gasteiger partial charge is 0.256 e. The van der Waals surface area contributed by atoms with E-state index in [0.717, 1.165) is 49.8 Å². The number of hydrogen-bond acceptors (Lipinski definition) is 4. The summed E-state index contributed by atoms with van der Waals surface area (Å²) in [5, 5.41) is 3.00. The maximum atomic E-state index is 12.7. The quantitative estimate of drug-likeness (QED) is 0.606. The standard InChI is InChI=1S/C23H36N2O3/c1-4-28-23(3,19-8-9-19)22(26)24-20-10-12-21(13-11-20)27-16-6-15-25-14-5-7-18(2)17-25/h10-13,18-19H,4-9,14-17H2,1-3H3,(H,24,26)/t18-,23-/m1/s1. The van der Waals surface area contributed by atoms with Crippen molar-refractivity contribution in [1.82, 2.24) is 4.90 Å². The first-order valence-electron chi connectivity index (χ1n) is 10.9. The van der Waals surface area contributed by atoms with Gasteiger partial charge in [0.05, 0.1) is 6.61 Å². The molecule has 0 bridgehead atoms. The number of benzene rings is 1. The first-order valence-corrected chi connectivity index (χ1v) is 10.9. The van der Waals surface area contributed by atoms with Crippen molar-refractivity contribution in [3.63, 3.8) is 0 Å². The highest BCUT2D eigenvalue weighted by molar-refractivity contribution is 5.97. The molecule has 1 saturated heterocycles. The molecule has 1 aromatic rings. The van der Waals surface area contributed by atoms with Crippen LogP contribution in [-0.2, 0) is 9.53 Å². The van der Waals surface area contributed by atoms with Crippen LogP contribution in [0.4, 0.5) is 5.69 Å². The van der Waals surface area contributed by atoms with Crippen molar-refractivity contribution in [2.45, 2.75) is 58.5 Å². The zero-order chi connectivity index (χ0) is 20.0. The number of amides is 1. The van der Waals surface area contributed by atoms with Crippen LogP contribution < -0.4 is 10.1 Å². The number of piperidine rings is 1. The van der Waals surface area contributed by atoms with Gasteiger partial charge in [-0.2, -0.15) is 0 Å². The first-order chi connectivity index (χ1) is 13.5. The second-order valence-electron chi connectivity index (χ2n) is 8.54. The van der Waals surface area contributed by atoms with Crippen LogP contribution in [0.2, 0.25) is 0 Å². The highest BCUT2D eigenvalue weighted by Crippen LogP contribution is 2.42. The van der Waals surface area contributed by atoms with Crippen molar-refractivity contribution < 1.29 is 14.3 Å². The third kappa shape index (κ3) is 5.71. The highest BCUT2D eigenvalue weighted by atomic mass is 16.5. The molecule has 28 heavy (non-hydrogen) atoms. The summed E-state index contributed by atoms with van der Waals surface area (Å²) in [6.07, 6.45) is 5.85. The van der Waals surface area contributed by atoms with Gasteiger partial charge in [0.2, 0.25) is 0 Å². The van der Waals surface area contributed by atoms with Crippen LogP contribution >= 0.6 is 0 Å². The Morgan fingerprint density at radius 2 is 2.00 bits per heavy atom. The normalized spacial score (nSPS) is 22.5. The van der Waals surface area contributed by atoms with Gasteiger partial charge < -0.3 is 19.7 Å². The molecule has 0 spiro atoms. The van der Waals surface area contributed by atoms with Gasteiger partial charge in [-0.3, -0.25) is 4.79 Å². The van der Waals surface area contributed by atoms with Gasteiger partial charge in [-0.1, -0.05) is 6.92 Å². The minimum atomic E-state index is -0.726. The molecule has 1 N–H and O–H groups in total. The van der Waals surface area contributed by atoms with Gasteiger partial charge in [-0.15, -0.1) is 0 Å². The third-order valence-corrected chi connectivity index (χ3v) is 5.99. The van der Waals surface area contributed by atoms with Crippen LogP contribution in [-0.4, -0.2) is 49.3 Å². The summed E-state index contributed by atoms with van der Waals surface area (Å²) in [5.41, 5.74) is 0.0572. The van der Waals surface area contributed by atoms with E-state index < -0.39 is 5.60 Å². The molecule has 1 aliphatic heterocycles. The van der Waals surface area contributed by atoms with E-state index in [9.17, 15) is 4.79 Å². The van der Waals surface area contributed by atoms with Crippen molar-refractivity contribution in [3.05, 3.63) is 24.3 Å². The number of nitrogens with zero attached hydrogens (tertiary/aromatic N) is 1. The summed E-state index contributed by atoms with van der Waals surface area (Å²) < 4.78 is 11.7. The van der Waals surface area contributed by atoms with Gasteiger partial charge in [0.15, 0.2) is 0 Å². The SMILES string of the molecule is CCO[C@@](C)(C(=O)Nc1ccc(OCCCN2CCC[C@@H](C)C2)cc1)C1CC1. The molecule has 5 heteroatoms. The summed E-state index contributed by atoms with van der Waals surface area (Å²) in [6, 6.07) is 7.65. The summed E-state index contributed by atoms with van der Waals surface area (Å²) in [4.78, 5) is 15.2. The number of nitrogens with one attached hydrogen (secondary N) is 1. The van der Waals surface area contributed by atoms with Gasteiger partial charge in [-0.25, -0.2) is 0 Å². The molecule has 1 amide bonds. The van der Waals surface area contributed by atoms with E-state index in [0.29, 0.717) is 12.5 Å². The number of ether oxygens (including phenoxy) is 2. The first kappa shape index (κ1) is 21.1. The minimum absolute atomic E-state index is 0.0544. The van der Waals surface area contributed by atoms with Gasteiger partial charge in [0, 0.05) is 25.4 Å². The Morgan fingerprint density at radius 3 is 2.64 bits per heavy atom. The molecule has 1 saturated carbocycles. The Bertz CT molecular complexity index is 629. The van der Waals surface area contributed by atoms with Crippen LogP contribution in [0.25, 0.3) is 0 Å². The highest BCUT2D eigenvalue weighted by Gasteiger charge is 2.48. The van der Waals surface area contributed by atoms with Crippen molar-refractivity contribution in [1.29, 1.82) is 0 Å². The number of anilines is 1. The summed E-state index contributed by atoms with van der Waals surface area (Å²) >= 11 is 0. The summed E-state index contributed by atoms with van der Waals surface area (Å²) in [5.74, 6) is 1.95. The van der Waals surface area contributed by atoms with E-state index in [4.69, 9.17) is 9.47 Å². The summed E-state index contributed by atoms with van der Waals surface area (Å²) in [6.45, 7) is 11.0. The number of likely N-dealkylation sites (tertiary alicyclic amines) is 1. The van der Waals surface area contributed by atoms with Crippen molar-refractivity contribution in [3.8, 4) is 5.75 Å². The van der Waals surface area contributed by atoms with E-state index >= 15 is 0 Å². The molecular formula is C23H36N2O3. The fourth-order valence-corrected chi connectivity index (χ4v) is 4.16. The van der Waals surface area contributed by atoms with E-state index in [1.807, 2.05) is 38.1 Å². The molecule has 5 nitrogen and oxygen atoms in total. The molecular weight excluding hydrogens is 352 g/mol. The Balaban J connectivity index is 1.41. The predicted octanol–water partition coefficient (Wildman–Crippen LogP) is 4.33. The molecule has 1 aliphatic carbocycles. The van der Waals surface area contributed by atoms with E-state index in [1.165, 1.54) is 25.9 Å². The molecule has 0 aromatic heterocycles. The Morgan fingerprint density at radius 1 is 1.25 bits per heavy atom. The number of hydrogen-bond donors (Lipinski definition) is 1. The average Bonchev–Trinajstić information content (AvgIpc) is 3.52. The monoisotopic (exact) mass is 388 g/mol. The van der Waals surface area contributed by atoms with Crippen molar-refractivity contribution in [2.24, 2.45) is 11.8 Å². The zero-order valence-corrected chi connectivity index (χ0v) is 17.7. The summed E-state index contributed by atoms with van der Waals surface area (Å²) in [7, 11) is 0. The lowest BCUT2D eigenvalue weighted by molar-refractivity contribution is -0.141. The number of rotatable bonds is 10. The van der Waals surface area contributed by atoms with Gasteiger partial charge >= 0.3 is 0 Å². The molecule has 3 rings (SSSR count). The molecule has 0 unspecified atom stereocenters. The molecule has 156 valence electrons. The lowest BCUT2D eigenvalue weighted by atomic mass is 9.99. The topological polar surface area (TPSA) is 50.8 Å². The fraction of sp³-hybridized carbons (Fsp3) is 0.696. The van der Waals surface area contributed by atoms with Crippen LogP contribution in [0, 0.1) is 11.8 Å². The Kier molecular flexibility index (Phi) is 7.36. The third-order valence-electron chi connectivity index (χ3n) is 5.99. The van der Waals surface area contributed by atoms with Gasteiger partial charge in [0.1, 0.15) is 11.4 Å². The van der Waals surface area contributed by atoms with Crippen molar-refractivity contribution >= 4 is 11.6 Å². The largest absolute Gasteiger partial charge is 0.494 e. The van der Waals surface area contributed by atoms with Crippen LogP contribution in [0.15, 0.2) is 24.3 Å². The van der Waals surface area contributed by atoms with E-state index in [-0.39, 0.29) is 5.91 Å². The van der Waals surface area contributed by atoms with Gasteiger partial charge in [0.25, 0.3) is 5.91 Å². The molecule has 1 aromatic carbocycles. The second-order valence-corrected chi connectivity index (χ2v) is 8.54.